The van der Waals surface area contributed by atoms with Gasteiger partial charge in [0, 0.05) is 12.7 Å². The van der Waals surface area contributed by atoms with E-state index in [0.717, 1.165) is 11.2 Å². The average molecular weight is 240 g/mol. The molecule has 0 spiro atoms. The normalized spacial score (nSPS) is 10.8. The van der Waals surface area contributed by atoms with Crippen LogP contribution in [0.25, 0.3) is 0 Å². The molecule has 1 N–H and O–H groups in total. The molecule has 0 amide bonds. The maximum Gasteiger partial charge on any atom is 0.333 e. The van der Waals surface area contributed by atoms with Crippen LogP contribution in [0.5, 0.6) is 0 Å². The van der Waals surface area contributed by atoms with Crippen molar-refractivity contribution in [3.63, 3.8) is 0 Å². The maximum absolute atomic E-state index is 12.3. The fraction of sp³-hybridized carbons (Fsp3) is 0.667. The van der Waals surface area contributed by atoms with E-state index in [4.69, 9.17) is 0 Å². The molecule has 0 atom stereocenters. The zero-order valence-corrected chi connectivity index (χ0v) is 9.60. The Balaban J connectivity index is 0.00000196. The third kappa shape index (κ3) is 4.57. The molecule has 0 saturated heterocycles. The Labute approximate surface area is 94.3 Å². The predicted octanol–water partition coefficient (Wildman–Crippen LogP) is 2.45. The number of nitrogens with one attached hydrogen (secondary N) is 1. The number of aromatic nitrogens is 2. The lowest BCUT2D eigenvalue weighted by atomic mass is 10.2. The van der Waals surface area contributed by atoms with Crippen LogP contribution in [0, 0.1) is 5.92 Å². The van der Waals surface area contributed by atoms with Crippen LogP contribution in [0.2, 0.25) is 0 Å². The average Bonchev–Trinajstić information content (AvgIpc) is 2.51. The van der Waals surface area contributed by atoms with E-state index < -0.39 is 6.55 Å². The molecule has 0 saturated carbocycles. The molecule has 6 heteroatoms. The summed E-state index contributed by atoms with van der Waals surface area (Å²) in [6.07, 6.45) is 1.39. The standard InChI is InChI=1S/C9H15F2N3.ClH/c1-7(2)5-12-6-8-3-4-13-14(8)9(10)11;/h3-4,7,9,12H,5-6H2,1-2H3;1H. The van der Waals surface area contributed by atoms with E-state index in [0.29, 0.717) is 18.2 Å². The quantitative estimate of drug-likeness (QED) is 0.856. The number of alkyl halides is 2. The van der Waals surface area contributed by atoms with Gasteiger partial charge in [-0.25, -0.2) is 4.68 Å². The molecule has 1 aromatic rings. The van der Waals surface area contributed by atoms with E-state index >= 15 is 0 Å². The summed E-state index contributed by atoms with van der Waals surface area (Å²) in [5, 5.41) is 6.63. The summed E-state index contributed by atoms with van der Waals surface area (Å²) in [4.78, 5) is 0. The fourth-order valence-corrected chi connectivity index (χ4v) is 1.15. The van der Waals surface area contributed by atoms with Crippen molar-refractivity contribution < 1.29 is 8.78 Å². The third-order valence-corrected chi connectivity index (χ3v) is 1.80. The van der Waals surface area contributed by atoms with Gasteiger partial charge < -0.3 is 5.32 Å². The first-order valence-corrected chi connectivity index (χ1v) is 4.62. The summed E-state index contributed by atoms with van der Waals surface area (Å²) in [6.45, 7) is 2.83. The van der Waals surface area contributed by atoms with Crippen molar-refractivity contribution in [1.29, 1.82) is 0 Å². The fourth-order valence-electron chi connectivity index (χ4n) is 1.15. The molecule has 88 valence electrons. The molecular formula is C9H16ClF2N3. The van der Waals surface area contributed by atoms with Gasteiger partial charge in [0.25, 0.3) is 0 Å². The summed E-state index contributed by atoms with van der Waals surface area (Å²) >= 11 is 0. The lowest BCUT2D eigenvalue weighted by Gasteiger charge is -2.08. The van der Waals surface area contributed by atoms with Crippen LogP contribution in [0.4, 0.5) is 8.78 Å². The van der Waals surface area contributed by atoms with Crippen molar-refractivity contribution in [3.05, 3.63) is 18.0 Å². The topological polar surface area (TPSA) is 29.9 Å². The molecule has 1 heterocycles. The van der Waals surface area contributed by atoms with E-state index in [2.05, 4.69) is 24.3 Å². The van der Waals surface area contributed by atoms with Crippen LogP contribution in [-0.2, 0) is 6.54 Å². The van der Waals surface area contributed by atoms with Gasteiger partial charge in [0.15, 0.2) is 0 Å². The Morgan fingerprint density at radius 2 is 2.13 bits per heavy atom. The molecule has 0 aliphatic carbocycles. The smallest absolute Gasteiger partial charge is 0.311 e. The maximum atomic E-state index is 12.3. The van der Waals surface area contributed by atoms with Gasteiger partial charge in [-0.3, -0.25) is 0 Å². The first kappa shape index (κ1) is 14.3. The molecular weight excluding hydrogens is 224 g/mol. The van der Waals surface area contributed by atoms with Crippen molar-refractivity contribution in [2.75, 3.05) is 6.54 Å². The van der Waals surface area contributed by atoms with E-state index in [1.807, 2.05) is 0 Å². The van der Waals surface area contributed by atoms with Gasteiger partial charge >= 0.3 is 6.55 Å². The largest absolute Gasteiger partial charge is 0.333 e. The van der Waals surface area contributed by atoms with Gasteiger partial charge in [0.05, 0.1) is 5.69 Å². The molecule has 0 aromatic carbocycles. The number of nitrogens with zero attached hydrogens (tertiary/aromatic N) is 2. The molecule has 15 heavy (non-hydrogen) atoms. The van der Waals surface area contributed by atoms with Crippen LogP contribution in [0.1, 0.15) is 26.1 Å². The van der Waals surface area contributed by atoms with Gasteiger partial charge in [-0.1, -0.05) is 13.8 Å². The van der Waals surface area contributed by atoms with Crippen molar-refractivity contribution in [1.82, 2.24) is 15.1 Å². The number of rotatable bonds is 5. The monoisotopic (exact) mass is 239 g/mol. The van der Waals surface area contributed by atoms with E-state index in [9.17, 15) is 8.78 Å². The van der Waals surface area contributed by atoms with Gasteiger partial charge in [0.1, 0.15) is 0 Å². The molecule has 0 unspecified atom stereocenters. The second kappa shape index (κ2) is 6.74. The SMILES string of the molecule is CC(C)CNCc1ccnn1C(F)F.Cl. The minimum Gasteiger partial charge on any atom is -0.311 e. The number of hydrogen-bond donors (Lipinski definition) is 1. The Bertz CT molecular complexity index is 276. The van der Waals surface area contributed by atoms with Crippen molar-refractivity contribution in [2.45, 2.75) is 26.9 Å². The molecule has 0 aliphatic rings. The second-order valence-corrected chi connectivity index (χ2v) is 3.57. The Kier molecular flexibility index (Phi) is 6.43. The Hall–Kier alpha value is -0.680. The summed E-state index contributed by atoms with van der Waals surface area (Å²) in [5.74, 6) is 0.512. The van der Waals surface area contributed by atoms with E-state index in [1.54, 1.807) is 6.07 Å². The van der Waals surface area contributed by atoms with Crippen LogP contribution in [0.15, 0.2) is 12.3 Å². The first-order valence-electron chi connectivity index (χ1n) is 4.62. The number of hydrogen-bond acceptors (Lipinski definition) is 2. The summed E-state index contributed by atoms with van der Waals surface area (Å²) in [5.41, 5.74) is 0.514. The van der Waals surface area contributed by atoms with Crippen molar-refractivity contribution >= 4 is 12.4 Å². The lowest BCUT2D eigenvalue weighted by molar-refractivity contribution is 0.0531. The highest BCUT2D eigenvalue weighted by Crippen LogP contribution is 2.11. The third-order valence-electron chi connectivity index (χ3n) is 1.80. The second-order valence-electron chi connectivity index (χ2n) is 3.57. The summed E-state index contributed by atoms with van der Waals surface area (Å²) < 4.78 is 25.4. The zero-order valence-electron chi connectivity index (χ0n) is 8.78. The Morgan fingerprint density at radius 1 is 1.47 bits per heavy atom. The first-order chi connectivity index (χ1) is 6.61. The molecule has 0 aliphatic heterocycles. The molecule has 0 fully saturated rings. The van der Waals surface area contributed by atoms with Gasteiger partial charge in [0.2, 0.25) is 0 Å². The minimum atomic E-state index is -2.55. The van der Waals surface area contributed by atoms with E-state index in [-0.39, 0.29) is 12.4 Å². The van der Waals surface area contributed by atoms with Crippen LogP contribution < -0.4 is 5.32 Å². The summed E-state index contributed by atoms with van der Waals surface area (Å²) in [7, 11) is 0. The predicted molar refractivity (Wildman–Crippen MR) is 57.3 cm³/mol. The molecule has 0 radical (unpaired) electrons. The molecule has 0 bridgehead atoms. The minimum absolute atomic E-state index is 0. The van der Waals surface area contributed by atoms with Crippen LogP contribution >= 0.6 is 12.4 Å². The highest BCUT2D eigenvalue weighted by atomic mass is 35.5. The van der Waals surface area contributed by atoms with Crippen LogP contribution in [-0.4, -0.2) is 16.3 Å². The van der Waals surface area contributed by atoms with Gasteiger partial charge in [-0.05, 0) is 18.5 Å². The molecule has 1 rings (SSSR count). The van der Waals surface area contributed by atoms with Gasteiger partial charge in [-0.15, -0.1) is 12.4 Å². The number of halogens is 3. The highest BCUT2D eigenvalue weighted by molar-refractivity contribution is 5.85. The Morgan fingerprint density at radius 3 is 2.67 bits per heavy atom. The van der Waals surface area contributed by atoms with Crippen molar-refractivity contribution in [3.8, 4) is 0 Å². The molecule has 3 nitrogen and oxygen atoms in total. The van der Waals surface area contributed by atoms with Crippen LogP contribution in [0.3, 0.4) is 0 Å². The zero-order chi connectivity index (χ0) is 10.6. The lowest BCUT2D eigenvalue weighted by Crippen LogP contribution is -2.21. The van der Waals surface area contributed by atoms with E-state index in [1.165, 1.54) is 6.20 Å². The van der Waals surface area contributed by atoms with Crippen molar-refractivity contribution in [2.24, 2.45) is 5.92 Å². The highest BCUT2D eigenvalue weighted by Gasteiger charge is 2.10. The summed E-state index contributed by atoms with van der Waals surface area (Å²) in [6, 6.07) is 1.60. The van der Waals surface area contributed by atoms with Gasteiger partial charge in [-0.2, -0.15) is 13.9 Å². The molecule has 1 aromatic heterocycles.